The molecule has 1 N–H and O–H groups in total. The summed E-state index contributed by atoms with van der Waals surface area (Å²) in [5.74, 6) is 1.16. The lowest BCUT2D eigenvalue weighted by Gasteiger charge is -2.31. The van der Waals surface area contributed by atoms with E-state index >= 15 is 0 Å². The molecule has 4 rings (SSSR count). The maximum atomic E-state index is 4.85. The lowest BCUT2D eigenvalue weighted by atomic mass is 10.0. The first-order valence-electron chi connectivity index (χ1n) is 9.03. The minimum absolute atomic E-state index is 0.961. The summed E-state index contributed by atoms with van der Waals surface area (Å²) < 4.78 is 2.04. The van der Waals surface area contributed by atoms with Gasteiger partial charge in [-0.2, -0.15) is 9.61 Å². The van der Waals surface area contributed by atoms with Gasteiger partial charge < -0.3 is 9.80 Å². The number of anilines is 1. The number of piperazine rings is 1. The molecule has 1 saturated heterocycles. The van der Waals surface area contributed by atoms with Crippen molar-refractivity contribution in [3.8, 4) is 11.1 Å². The fourth-order valence-corrected chi connectivity index (χ4v) is 3.63. The van der Waals surface area contributed by atoms with Crippen LogP contribution in [0.15, 0.2) is 30.3 Å². The Bertz CT molecular complexity index is 902. The SMILES string of the molecule is Cc1ccc(-c2c(C)nn3c(N4CC[NH+](C)CC4)cc(C)nc23)cc1. The molecule has 1 aliphatic rings. The molecular weight excluding hydrogens is 310 g/mol. The molecule has 0 atom stereocenters. The smallest absolute Gasteiger partial charge is 0.165 e. The number of likely N-dealkylation sites (N-methyl/N-ethyl adjacent to an activating group) is 1. The summed E-state index contributed by atoms with van der Waals surface area (Å²) in [4.78, 5) is 8.87. The second-order valence-electron chi connectivity index (χ2n) is 7.26. The third-order valence-corrected chi connectivity index (χ3v) is 5.15. The third-order valence-electron chi connectivity index (χ3n) is 5.15. The Labute approximate surface area is 148 Å². The Kier molecular flexibility index (Phi) is 3.96. The molecule has 25 heavy (non-hydrogen) atoms. The monoisotopic (exact) mass is 336 g/mol. The average molecular weight is 336 g/mol. The Hall–Kier alpha value is -2.40. The molecule has 1 aromatic carbocycles. The Morgan fingerprint density at radius 2 is 1.68 bits per heavy atom. The van der Waals surface area contributed by atoms with Crippen LogP contribution in [0.2, 0.25) is 0 Å². The van der Waals surface area contributed by atoms with E-state index in [2.05, 4.69) is 63.1 Å². The maximum absolute atomic E-state index is 4.85. The average Bonchev–Trinajstić information content (AvgIpc) is 2.92. The van der Waals surface area contributed by atoms with Crippen molar-refractivity contribution in [1.29, 1.82) is 0 Å². The van der Waals surface area contributed by atoms with Crippen molar-refractivity contribution in [2.75, 3.05) is 38.1 Å². The highest BCUT2D eigenvalue weighted by Crippen LogP contribution is 2.30. The predicted octanol–water partition coefficient (Wildman–Crippen LogP) is 1.66. The van der Waals surface area contributed by atoms with Crippen LogP contribution in [0.5, 0.6) is 0 Å². The van der Waals surface area contributed by atoms with E-state index < -0.39 is 0 Å². The van der Waals surface area contributed by atoms with Crippen LogP contribution < -0.4 is 9.80 Å². The fraction of sp³-hybridized carbons (Fsp3) is 0.400. The minimum atomic E-state index is 0.961. The van der Waals surface area contributed by atoms with Crippen molar-refractivity contribution >= 4 is 11.5 Å². The summed E-state index contributed by atoms with van der Waals surface area (Å²) in [6.07, 6.45) is 0. The normalized spacial score (nSPS) is 15.9. The van der Waals surface area contributed by atoms with Gasteiger partial charge in [0.1, 0.15) is 5.82 Å². The zero-order valence-electron chi connectivity index (χ0n) is 15.5. The second-order valence-corrected chi connectivity index (χ2v) is 7.26. The lowest BCUT2D eigenvalue weighted by Crippen LogP contribution is -3.12. The summed E-state index contributed by atoms with van der Waals surface area (Å²) >= 11 is 0. The van der Waals surface area contributed by atoms with Gasteiger partial charge >= 0.3 is 0 Å². The van der Waals surface area contributed by atoms with E-state index in [-0.39, 0.29) is 0 Å². The van der Waals surface area contributed by atoms with Gasteiger partial charge in [0.2, 0.25) is 0 Å². The summed E-state index contributed by atoms with van der Waals surface area (Å²) in [7, 11) is 2.26. The van der Waals surface area contributed by atoms with Gasteiger partial charge in [-0.25, -0.2) is 4.98 Å². The maximum Gasteiger partial charge on any atom is 0.165 e. The highest BCUT2D eigenvalue weighted by atomic mass is 15.4. The largest absolute Gasteiger partial charge is 0.345 e. The molecule has 3 heterocycles. The predicted molar refractivity (Wildman–Crippen MR) is 101 cm³/mol. The first kappa shape index (κ1) is 16.1. The van der Waals surface area contributed by atoms with Gasteiger partial charge in [-0.1, -0.05) is 29.8 Å². The molecule has 0 bridgehead atoms. The van der Waals surface area contributed by atoms with Crippen molar-refractivity contribution < 1.29 is 4.90 Å². The topological polar surface area (TPSA) is 37.9 Å². The molecule has 0 aliphatic carbocycles. The number of benzene rings is 1. The summed E-state index contributed by atoms with van der Waals surface area (Å²) in [6, 6.07) is 10.8. The molecule has 0 amide bonds. The molecule has 3 aromatic rings. The van der Waals surface area contributed by atoms with Gasteiger partial charge in [0.15, 0.2) is 5.65 Å². The minimum Gasteiger partial charge on any atom is -0.345 e. The first-order valence-corrected chi connectivity index (χ1v) is 9.03. The molecule has 0 spiro atoms. The van der Waals surface area contributed by atoms with Crippen LogP contribution in [0.3, 0.4) is 0 Å². The van der Waals surface area contributed by atoms with Crippen molar-refractivity contribution in [2.45, 2.75) is 20.8 Å². The number of aryl methyl sites for hydroxylation is 3. The summed E-state index contributed by atoms with van der Waals surface area (Å²) in [5, 5.41) is 4.85. The molecule has 130 valence electrons. The molecule has 0 radical (unpaired) electrons. The standard InChI is InChI=1S/C20H25N5/c1-14-5-7-17(8-6-14)19-16(3)22-25-18(13-15(2)21-20(19)25)24-11-9-23(4)10-12-24/h5-8,13H,9-12H2,1-4H3/p+1. The van der Waals surface area contributed by atoms with E-state index in [1.807, 2.05) is 4.52 Å². The van der Waals surface area contributed by atoms with Crippen LogP contribution in [0.25, 0.3) is 16.8 Å². The van der Waals surface area contributed by atoms with Crippen molar-refractivity contribution in [2.24, 2.45) is 0 Å². The molecule has 1 aliphatic heterocycles. The summed E-state index contributed by atoms with van der Waals surface area (Å²) in [6.45, 7) is 10.7. The molecule has 5 heteroatoms. The number of nitrogens with one attached hydrogen (secondary N) is 1. The van der Waals surface area contributed by atoms with E-state index in [4.69, 9.17) is 10.1 Å². The molecule has 1 fully saturated rings. The van der Waals surface area contributed by atoms with E-state index in [0.717, 1.165) is 54.6 Å². The van der Waals surface area contributed by atoms with Gasteiger partial charge in [0.05, 0.1) is 38.9 Å². The van der Waals surface area contributed by atoms with Crippen LogP contribution in [-0.2, 0) is 0 Å². The van der Waals surface area contributed by atoms with Gasteiger partial charge in [0, 0.05) is 17.3 Å². The number of hydrogen-bond acceptors (Lipinski definition) is 3. The second kappa shape index (κ2) is 6.15. The number of fused-ring (bicyclic) bond motifs is 1. The van der Waals surface area contributed by atoms with Crippen molar-refractivity contribution in [1.82, 2.24) is 14.6 Å². The van der Waals surface area contributed by atoms with Gasteiger partial charge in [-0.3, -0.25) is 0 Å². The van der Waals surface area contributed by atoms with Crippen LogP contribution in [-0.4, -0.2) is 47.8 Å². The van der Waals surface area contributed by atoms with Gasteiger partial charge in [0.25, 0.3) is 0 Å². The number of rotatable bonds is 2. The number of aromatic nitrogens is 3. The molecular formula is C20H26N5+. The van der Waals surface area contributed by atoms with E-state index in [1.165, 1.54) is 11.1 Å². The molecule has 0 saturated carbocycles. The number of nitrogens with zero attached hydrogens (tertiary/aromatic N) is 4. The molecule has 2 aromatic heterocycles. The quantitative estimate of drug-likeness (QED) is 0.773. The zero-order chi connectivity index (χ0) is 17.6. The van der Waals surface area contributed by atoms with Crippen molar-refractivity contribution in [3.05, 3.63) is 47.3 Å². The summed E-state index contributed by atoms with van der Waals surface area (Å²) in [5.41, 5.74) is 6.63. The highest BCUT2D eigenvalue weighted by Gasteiger charge is 2.22. The van der Waals surface area contributed by atoms with Gasteiger partial charge in [-0.05, 0) is 26.3 Å². The first-order chi connectivity index (χ1) is 12.0. The van der Waals surface area contributed by atoms with Crippen LogP contribution in [0, 0.1) is 20.8 Å². The van der Waals surface area contributed by atoms with Crippen LogP contribution in [0.1, 0.15) is 17.0 Å². The zero-order valence-corrected chi connectivity index (χ0v) is 15.5. The van der Waals surface area contributed by atoms with Crippen molar-refractivity contribution in [3.63, 3.8) is 0 Å². The van der Waals surface area contributed by atoms with Gasteiger partial charge in [-0.15, -0.1) is 0 Å². The van der Waals surface area contributed by atoms with Crippen LogP contribution >= 0.6 is 0 Å². The van der Waals surface area contributed by atoms with E-state index in [0.29, 0.717) is 0 Å². The van der Waals surface area contributed by atoms with E-state index in [1.54, 1.807) is 4.90 Å². The molecule has 0 unspecified atom stereocenters. The van der Waals surface area contributed by atoms with E-state index in [9.17, 15) is 0 Å². The Morgan fingerprint density at radius 1 is 1.00 bits per heavy atom. The Morgan fingerprint density at radius 3 is 2.36 bits per heavy atom. The molecule has 5 nitrogen and oxygen atoms in total. The van der Waals surface area contributed by atoms with Crippen LogP contribution in [0.4, 0.5) is 5.82 Å². The fourth-order valence-electron chi connectivity index (χ4n) is 3.63. The highest BCUT2D eigenvalue weighted by molar-refractivity contribution is 5.81. The number of hydrogen-bond donors (Lipinski definition) is 1. The third kappa shape index (κ3) is 2.89. The number of quaternary nitrogens is 1. The lowest BCUT2D eigenvalue weighted by molar-refractivity contribution is -0.880. The Balaban J connectivity index is 1.87.